The standard InChI is InChI=1S/C16H20N4O3/c1-16(2,3)23-15(22)18-11-9-20-8-6-10-5-7-17-13(12(10)20)19(4)14(11)21/h5-8,11H,9H2,1-4H3,(H,18,22)/t11-/m0/s1. The molecule has 0 saturated carbocycles. The van der Waals surface area contributed by atoms with Crippen molar-refractivity contribution in [2.24, 2.45) is 0 Å². The molecule has 7 heteroatoms. The molecule has 3 heterocycles. The quantitative estimate of drug-likeness (QED) is 0.872. The number of pyridine rings is 1. The van der Waals surface area contributed by atoms with Crippen LogP contribution in [0.4, 0.5) is 10.6 Å². The van der Waals surface area contributed by atoms with E-state index in [9.17, 15) is 9.59 Å². The molecule has 0 saturated heterocycles. The molecule has 1 aliphatic rings. The highest BCUT2D eigenvalue weighted by atomic mass is 16.6. The molecule has 2 amide bonds. The zero-order valence-corrected chi connectivity index (χ0v) is 13.7. The zero-order valence-electron chi connectivity index (χ0n) is 13.7. The van der Waals surface area contributed by atoms with Gasteiger partial charge in [0.15, 0.2) is 5.82 Å². The van der Waals surface area contributed by atoms with Crippen molar-refractivity contribution in [1.29, 1.82) is 0 Å². The van der Waals surface area contributed by atoms with E-state index in [-0.39, 0.29) is 5.91 Å². The molecule has 2 aromatic heterocycles. The number of aromatic nitrogens is 2. The van der Waals surface area contributed by atoms with Crippen LogP contribution in [0.25, 0.3) is 10.9 Å². The van der Waals surface area contributed by atoms with Crippen LogP contribution in [-0.4, -0.2) is 40.2 Å². The number of carbonyl (C=O) groups is 2. The van der Waals surface area contributed by atoms with Crippen molar-refractivity contribution in [3.8, 4) is 0 Å². The number of nitrogens with one attached hydrogen (secondary N) is 1. The van der Waals surface area contributed by atoms with Gasteiger partial charge in [0.2, 0.25) is 0 Å². The van der Waals surface area contributed by atoms with Crippen molar-refractivity contribution in [3.63, 3.8) is 0 Å². The highest BCUT2D eigenvalue weighted by Gasteiger charge is 2.32. The van der Waals surface area contributed by atoms with Crippen molar-refractivity contribution in [3.05, 3.63) is 24.5 Å². The molecule has 0 bridgehead atoms. The summed E-state index contributed by atoms with van der Waals surface area (Å²) in [5.41, 5.74) is 0.270. The minimum Gasteiger partial charge on any atom is -0.444 e. The average molecular weight is 316 g/mol. The summed E-state index contributed by atoms with van der Waals surface area (Å²) in [4.78, 5) is 30.5. The molecular weight excluding hydrogens is 296 g/mol. The number of alkyl carbamates (subject to hydrolysis) is 1. The Morgan fingerprint density at radius 1 is 1.39 bits per heavy atom. The summed E-state index contributed by atoms with van der Waals surface area (Å²) < 4.78 is 7.18. The lowest BCUT2D eigenvalue weighted by molar-refractivity contribution is -0.120. The molecule has 0 aromatic carbocycles. The molecule has 1 N–H and O–H groups in total. The van der Waals surface area contributed by atoms with Crippen LogP contribution in [0.2, 0.25) is 0 Å². The van der Waals surface area contributed by atoms with E-state index in [2.05, 4.69) is 10.3 Å². The summed E-state index contributed by atoms with van der Waals surface area (Å²) in [6.07, 6.45) is 2.96. The van der Waals surface area contributed by atoms with Crippen LogP contribution in [-0.2, 0) is 16.1 Å². The maximum atomic E-state index is 12.7. The van der Waals surface area contributed by atoms with Gasteiger partial charge in [0.05, 0.1) is 12.1 Å². The largest absolute Gasteiger partial charge is 0.444 e. The number of hydrogen-bond acceptors (Lipinski definition) is 4. The van der Waals surface area contributed by atoms with E-state index >= 15 is 0 Å². The maximum Gasteiger partial charge on any atom is 0.408 e. The predicted octanol–water partition coefficient (Wildman–Crippen LogP) is 1.91. The average Bonchev–Trinajstić information content (AvgIpc) is 2.82. The molecule has 122 valence electrons. The van der Waals surface area contributed by atoms with Gasteiger partial charge in [-0.15, -0.1) is 0 Å². The Labute approximate surface area is 134 Å². The Hall–Kier alpha value is -2.57. The number of amides is 2. The molecule has 1 aliphatic heterocycles. The molecule has 0 spiro atoms. The van der Waals surface area contributed by atoms with Crippen molar-refractivity contribution in [1.82, 2.24) is 14.9 Å². The highest BCUT2D eigenvalue weighted by molar-refractivity contribution is 6.04. The van der Waals surface area contributed by atoms with Gasteiger partial charge in [-0.25, -0.2) is 9.78 Å². The summed E-state index contributed by atoms with van der Waals surface area (Å²) in [5.74, 6) is 0.366. The first-order chi connectivity index (χ1) is 10.8. The fourth-order valence-corrected chi connectivity index (χ4v) is 2.70. The van der Waals surface area contributed by atoms with Gasteiger partial charge >= 0.3 is 6.09 Å². The van der Waals surface area contributed by atoms with E-state index < -0.39 is 17.7 Å². The Morgan fingerprint density at radius 3 is 2.83 bits per heavy atom. The number of rotatable bonds is 1. The van der Waals surface area contributed by atoms with Crippen molar-refractivity contribution in [2.75, 3.05) is 11.9 Å². The zero-order chi connectivity index (χ0) is 16.8. The molecule has 1 atom stereocenters. The lowest BCUT2D eigenvalue weighted by Gasteiger charge is -2.24. The van der Waals surface area contributed by atoms with Gasteiger partial charge in [0.1, 0.15) is 11.6 Å². The maximum absolute atomic E-state index is 12.7. The summed E-state index contributed by atoms with van der Waals surface area (Å²) in [6, 6.07) is 3.16. The minimum atomic E-state index is -0.709. The summed E-state index contributed by atoms with van der Waals surface area (Å²) in [7, 11) is 1.66. The molecule has 0 radical (unpaired) electrons. The highest BCUT2D eigenvalue weighted by Crippen LogP contribution is 2.28. The topological polar surface area (TPSA) is 76.5 Å². The fraction of sp³-hybridized carbons (Fsp3) is 0.438. The lowest BCUT2D eigenvalue weighted by Crippen LogP contribution is -2.49. The third-order valence-corrected chi connectivity index (χ3v) is 3.67. The van der Waals surface area contributed by atoms with Gasteiger partial charge in [-0.1, -0.05) is 0 Å². The van der Waals surface area contributed by atoms with Gasteiger partial charge in [-0.3, -0.25) is 9.69 Å². The number of carbonyl (C=O) groups excluding carboxylic acids is 2. The first kappa shape index (κ1) is 15.3. The molecule has 0 aliphatic carbocycles. The van der Waals surface area contributed by atoms with Crippen LogP contribution in [0.3, 0.4) is 0 Å². The molecule has 0 unspecified atom stereocenters. The fourth-order valence-electron chi connectivity index (χ4n) is 2.70. The van der Waals surface area contributed by atoms with Gasteiger partial charge < -0.3 is 14.6 Å². The predicted molar refractivity (Wildman–Crippen MR) is 86.3 cm³/mol. The lowest BCUT2D eigenvalue weighted by atomic mass is 10.2. The molecule has 2 aromatic rings. The monoisotopic (exact) mass is 316 g/mol. The van der Waals surface area contributed by atoms with Crippen molar-refractivity contribution < 1.29 is 14.3 Å². The Morgan fingerprint density at radius 2 is 2.13 bits per heavy atom. The number of hydrogen-bond donors (Lipinski definition) is 1. The van der Waals surface area contributed by atoms with Gasteiger partial charge in [0.25, 0.3) is 5.91 Å². The first-order valence-electron chi connectivity index (χ1n) is 7.47. The van der Waals surface area contributed by atoms with Crippen LogP contribution >= 0.6 is 0 Å². The van der Waals surface area contributed by atoms with Crippen molar-refractivity contribution in [2.45, 2.75) is 39.0 Å². The second-order valence-electron chi connectivity index (χ2n) is 6.64. The van der Waals surface area contributed by atoms with Crippen LogP contribution in [0, 0.1) is 0 Å². The SMILES string of the molecule is CN1C(=O)[C@@H](NC(=O)OC(C)(C)C)Cn2ccc3ccnc1c32. The van der Waals surface area contributed by atoms with Crippen LogP contribution < -0.4 is 10.2 Å². The van der Waals surface area contributed by atoms with Gasteiger partial charge in [-0.2, -0.15) is 0 Å². The molecular formula is C16H20N4O3. The summed E-state index contributed by atoms with van der Waals surface area (Å²) >= 11 is 0. The molecule has 23 heavy (non-hydrogen) atoms. The third kappa shape index (κ3) is 2.86. The van der Waals surface area contributed by atoms with Crippen LogP contribution in [0.15, 0.2) is 24.5 Å². The van der Waals surface area contributed by atoms with E-state index in [1.165, 1.54) is 4.90 Å². The summed E-state index contributed by atoms with van der Waals surface area (Å²) in [5, 5.41) is 3.67. The van der Waals surface area contributed by atoms with E-state index in [1.54, 1.807) is 34.0 Å². The Balaban J connectivity index is 1.91. The van der Waals surface area contributed by atoms with Gasteiger partial charge in [-0.05, 0) is 32.9 Å². The van der Waals surface area contributed by atoms with Gasteiger partial charge in [0, 0.05) is 24.8 Å². The number of ether oxygens (including phenoxy) is 1. The third-order valence-electron chi connectivity index (χ3n) is 3.67. The first-order valence-corrected chi connectivity index (χ1v) is 7.47. The van der Waals surface area contributed by atoms with E-state index in [0.29, 0.717) is 12.4 Å². The van der Waals surface area contributed by atoms with E-state index in [4.69, 9.17) is 4.74 Å². The molecule has 7 nitrogen and oxygen atoms in total. The summed E-state index contributed by atoms with van der Waals surface area (Å²) in [6.45, 7) is 5.68. The van der Waals surface area contributed by atoms with Crippen LogP contribution in [0.1, 0.15) is 20.8 Å². The molecule has 3 rings (SSSR count). The van der Waals surface area contributed by atoms with E-state index in [0.717, 1.165) is 10.9 Å². The Kier molecular flexibility index (Phi) is 3.50. The minimum absolute atomic E-state index is 0.223. The molecule has 0 fully saturated rings. The second kappa shape index (κ2) is 5.26. The smallest absolute Gasteiger partial charge is 0.408 e. The normalized spacial score (nSPS) is 18.0. The van der Waals surface area contributed by atoms with E-state index in [1.807, 2.05) is 22.9 Å². The second-order valence-corrected chi connectivity index (χ2v) is 6.64. The number of likely N-dealkylation sites (N-methyl/N-ethyl adjacent to an activating group) is 1. The number of anilines is 1. The van der Waals surface area contributed by atoms with Crippen LogP contribution in [0.5, 0.6) is 0 Å². The van der Waals surface area contributed by atoms with Crippen molar-refractivity contribution >= 4 is 28.7 Å². The number of nitrogens with zero attached hydrogens (tertiary/aromatic N) is 3. The Bertz CT molecular complexity index is 775.